The SMILES string of the molecule is CCC(=O)N1CCC(CC2(C)SC(=NC)NC2=O)CC1.Cc1ccccc1C(F)(F)F. The number of aryl methyl sites for hydroxylation is 1. The summed E-state index contributed by atoms with van der Waals surface area (Å²) in [6.45, 7) is 7.00. The fourth-order valence-electron chi connectivity index (χ4n) is 3.80. The van der Waals surface area contributed by atoms with Gasteiger partial charge < -0.3 is 10.2 Å². The van der Waals surface area contributed by atoms with Gasteiger partial charge in [-0.3, -0.25) is 14.6 Å². The zero-order valence-corrected chi connectivity index (χ0v) is 19.2. The molecule has 0 radical (unpaired) electrons. The van der Waals surface area contributed by atoms with Crippen LogP contribution in [0.3, 0.4) is 0 Å². The number of nitrogens with one attached hydrogen (secondary N) is 1. The van der Waals surface area contributed by atoms with E-state index in [1.165, 1.54) is 30.8 Å². The van der Waals surface area contributed by atoms with Crippen LogP contribution < -0.4 is 5.32 Å². The van der Waals surface area contributed by atoms with E-state index in [0.29, 0.717) is 12.3 Å². The fourth-order valence-corrected chi connectivity index (χ4v) is 4.93. The smallest absolute Gasteiger partial charge is 0.343 e. The number of carbonyl (C=O) groups is 2. The molecule has 0 saturated carbocycles. The van der Waals surface area contributed by atoms with Gasteiger partial charge >= 0.3 is 6.18 Å². The lowest BCUT2D eigenvalue weighted by Crippen LogP contribution is -2.41. The molecular weight excluding hydrogens is 427 g/mol. The Balaban J connectivity index is 0.000000262. The summed E-state index contributed by atoms with van der Waals surface area (Å²) in [4.78, 5) is 29.7. The number of nitrogens with zero attached hydrogens (tertiary/aromatic N) is 2. The van der Waals surface area contributed by atoms with Crippen LogP contribution in [0.25, 0.3) is 0 Å². The number of thioether (sulfide) groups is 1. The number of halogens is 3. The Morgan fingerprint density at radius 2 is 1.90 bits per heavy atom. The van der Waals surface area contributed by atoms with E-state index < -0.39 is 16.5 Å². The van der Waals surface area contributed by atoms with E-state index in [9.17, 15) is 22.8 Å². The van der Waals surface area contributed by atoms with Gasteiger partial charge in [-0.2, -0.15) is 13.2 Å². The molecule has 2 aliphatic heterocycles. The van der Waals surface area contributed by atoms with Gasteiger partial charge in [-0.25, -0.2) is 0 Å². The topological polar surface area (TPSA) is 61.8 Å². The highest BCUT2D eigenvalue weighted by Gasteiger charge is 2.44. The number of benzene rings is 1. The predicted molar refractivity (Wildman–Crippen MR) is 118 cm³/mol. The highest BCUT2D eigenvalue weighted by Crippen LogP contribution is 2.39. The van der Waals surface area contributed by atoms with Gasteiger partial charge in [-0.15, -0.1) is 0 Å². The van der Waals surface area contributed by atoms with Crippen molar-refractivity contribution in [3.63, 3.8) is 0 Å². The molecule has 2 aliphatic rings. The van der Waals surface area contributed by atoms with Crippen LogP contribution in [0.2, 0.25) is 0 Å². The summed E-state index contributed by atoms with van der Waals surface area (Å²) in [5.41, 5.74) is -0.292. The number of hydrogen-bond acceptors (Lipinski definition) is 4. The molecule has 1 N–H and O–H groups in total. The molecule has 2 saturated heterocycles. The standard InChI is InChI=1S/C14H23N3O2S.C8H7F3/c1-4-11(18)17-7-5-10(6-8-17)9-14(2)12(19)16-13(15-3)20-14;1-6-4-2-3-5-7(6)8(9,10)11/h10H,4-9H2,1-3H3,(H,15,16,19);2-5H,1H3. The largest absolute Gasteiger partial charge is 0.416 e. The second-order valence-electron chi connectivity index (χ2n) is 8.01. The summed E-state index contributed by atoms with van der Waals surface area (Å²) in [6, 6.07) is 5.50. The maximum atomic E-state index is 12.1. The monoisotopic (exact) mass is 457 g/mol. The first-order valence-electron chi connectivity index (χ1n) is 10.4. The van der Waals surface area contributed by atoms with E-state index in [4.69, 9.17) is 0 Å². The van der Waals surface area contributed by atoms with Crippen molar-refractivity contribution >= 4 is 28.7 Å². The molecule has 1 atom stereocenters. The molecule has 9 heteroatoms. The second-order valence-corrected chi connectivity index (χ2v) is 9.50. The number of amides is 2. The van der Waals surface area contributed by atoms with E-state index in [1.807, 2.05) is 18.7 Å². The Morgan fingerprint density at radius 3 is 2.35 bits per heavy atom. The summed E-state index contributed by atoms with van der Waals surface area (Å²) >= 11 is 1.54. The van der Waals surface area contributed by atoms with E-state index in [-0.39, 0.29) is 17.4 Å². The third kappa shape index (κ3) is 6.72. The first-order chi connectivity index (χ1) is 14.5. The van der Waals surface area contributed by atoms with E-state index >= 15 is 0 Å². The minimum absolute atomic E-state index is 0.0650. The Labute approximate surface area is 185 Å². The number of carbonyl (C=O) groups excluding carboxylic acids is 2. The minimum atomic E-state index is -4.22. The molecule has 172 valence electrons. The average Bonchev–Trinajstić information content (AvgIpc) is 3.01. The third-order valence-corrected chi connectivity index (χ3v) is 6.90. The molecule has 2 amide bonds. The Bertz CT molecular complexity index is 820. The predicted octanol–water partition coefficient (Wildman–Crippen LogP) is 4.65. The van der Waals surface area contributed by atoms with Gasteiger partial charge in [0.25, 0.3) is 0 Å². The van der Waals surface area contributed by atoms with Crippen LogP contribution >= 0.6 is 11.8 Å². The van der Waals surface area contributed by atoms with Crippen molar-refractivity contribution in [1.29, 1.82) is 0 Å². The maximum Gasteiger partial charge on any atom is 0.416 e. The first-order valence-corrected chi connectivity index (χ1v) is 11.2. The van der Waals surface area contributed by atoms with Gasteiger partial charge in [-0.1, -0.05) is 36.9 Å². The molecular formula is C22H30F3N3O2S. The first kappa shape index (κ1) is 25.2. The molecule has 0 spiro atoms. The van der Waals surface area contributed by atoms with Crippen LogP contribution in [0, 0.1) is 12.8 Å². The quantitative estimate of drug-likeness (QED) is 0.719. The van der Waals surface area contributed by atoms with Gasteiger partial charge in [0.15, 0.2) is 5.17 Å². The highest BCUT2D eigenvalue weighted by atomic mass is 32.2. The molecule has 5 nitrogen and oxygen atoms in total. The van der Waals surface area contributed by atoms with Crippen molar-refractivity contribution in [1.82, 2.24) is 10.2 Å². The van der Waals surface area contributed by atoms with Crippen molar-refractivity contribution in [2.24, 2.45) is 10.9 Å². The Morgan fingerprint density at radius 1 is 1.29 bits per heavy atom. The summed E-state index contributed by atoms with van der Waals surface area (Å²) < 4.78 is 35.7. The Hall–Kier alpha value is -2.03. The number of likely N-dealkylation sites (tertiary alicyclic amines) is 1. The van der Waals surface area contributed by atoms with Gasteiger partial charge in [0.2, 0.25) is 11.8 Å². The van der Waals surface area contributed by atoms with Crippen LogP contribution in [0.15, 0.2) is 29.3 Å². The third-order valence-electron chi connectivity index (χ3n) is 5.62. The molecule has 31 heavy (non-hydrogen) atoms. The van der Waals surface area contributed by atoms with Crippen LogP contribution in [0.4, 0.5) is 13.2 Å². The number of piperidine rings is 1. The van der Waals surface area contributed by atoms with Crippen molar-refractivity contribution in [3.8, 4) is 0 Å². The van der Waals surface area contributed by atoms with Crippen molar-refractivity contribution in [2.75, 3.05) is 20.1 Å². The minimum Gasteiger partial charge on any atom is -0.343 e. The zero-order chi connectivity index (χ0) is 23.2. The zero-order valence-electron chi connectivity index (χ0n) is 18.4. The summed E-state index contributed by atoms with van der Waals surface area (Å²) in [5, 5.41) is 3.55. The maximum absolute atomic E-state index is 12.1. The number of aliphatic imine (C=N–C) groups is 1. The van der Waals surface area contributed by atoms with E-state index in [1.54, 1.807) is 13.1 Å². The molecule has 0 aromatic heterocycles. The van der Waals surface area contributed by atoms with Crippen molar-refractivity contribution in [2.45, 2.75) is 57.4 Å². The number of hydrogen-bond donors (Lipinski definition) is 1. The van der Waals surface area contributed by atoms with Crippen molar-refractivity contribution < 1.29 is 22.8 Å². The molecule has 2 heterocycles. The van der Waals surface area contributed by atoms with Crippen LogP contribution in [0.5, 0.6) is 0 Å². The highest BCUT2D eigenvalue weighted by molar-refractivity contribution is 8.16. The van der Waals surface area contributed by atoms with Crippen LogP contribution in [-0.4, -0.2) is 46.8 Å². The van der Waals surface area contributed by atoms with Gasteiger partial charge in [0, 0.05) is 26.6 Å². The van der Waals surface area contributed by atoms with Crippen molar-refractivity contribution in [3.05, 3.63) is 35.4 Å². The molecule has 1 aromatic rings. The van der Waals surface area contributed by atoms with E-state index in [0.717, 1.165) is 43.6 Å². The summed E-state index contributed by atoms with van der Waals surface area (Å²) in [5.74, 6) is 0.813. The second kappa shape index (κ2) is 10.5. The fraction of sp³-hybridized carbons (Fsp3) is 0.591. The summed E-state index contributed by atoms with van der Waals surface area (Å²) in [6.07, 6.45) is -0.791. The number of alkyl halides is 3. The average molecular weight is 458 g/mol. The number of amidine groups is 1. The molecule has 2 fully saturated rings. The lowest BCUT2D eigenvalue weighted by atomic mass is 9.87. The molecule has 3 rings (SSSR count). The van der Waals surface area contributed by atoms with Gasteiger partial charge in [0.05, 0.1) is 10.3 Å². The Kier molecular flexibility index (Phi) is 8.57. The van der Waals surface area contributed by atoms with Crippen LogP contribution in [0.1, 0.15) is 50.7 Å². The normalized spacial score (nSPS) is 23.4. The molecule has 0 aliphatic carbocycles. The lowest BCUT2D eigenvalue weighted by molar-refractivity contribution is -0.138. The number of rotatable bonds is 3. The molecule has 0 bridgehead atoms. The molecule has 1 unspecified atom stereocenters. The summed E-state index contributed by atoms with van der Waals surface area (Å²) in [7, 11) is 1.70. The van der Waals surface area contributed by atoms with Crippen LogP contribution in [-0.2, 0) is 15.8 Å². The van der Waals surface area contributed by atoms with E-state index in [2.05, 4.69) is 10.3 Å². The lowest BCUT2D eigenvalue weighted by Gasteiger charge is -2.34. The van der Waals surface area contributed by atoms with Gasteiger partial charge in [0.1, 0.15) is 0 Å². The molecule has 1 aromatic carbocycles. The van der Waals surface area contributed by atoms with Gasteiger partial charge in [-0.05, 0) is 50.7 Å².